The van der Waals surface area contributed by atoms with Gasteiger partial charge in [0.2, 0.25) is 5.90 Å². The summed E-state index contributed by atoms with van der Waals surface area (Å²) in [6, 6.07) is 1.67. The molecule has 0 saturated heterocycles. The predicted molar refractivity (Wildman–Crippen MR) is 54.5 cm³/mol. The minimum Gasteiger partial charge on any atom is -0.391 e. The number of hydrogen-bond donors (Lipinski definition) is 2. The van der Waals surface area contributed by atoms with E-state index in [0.717, 1.165) is 3.57 Å². The molecule has 0 saturated carbocycles. The maximum absolute atomic E-state index is 10.3. The van der Waals surface area contributed by atoms with Gasteiger partial charge in [-0.15, -0.1) is 0 Å². The lowest BCUT2D eigenvalue weighted by atomic mass is 10.3. The highest BCUT2D eigenvalue weighted by Gasteiger charge is 2.06. The van der Waals surface area contributed by atoms with Crippen LogP contribution in [0.1, 0.15) is 5.56 Å². The molecule has 13 heavy (non-hydrogen) atoms. The molecule has 1 amide bonds. The first-order valence-corrected chi connectivity index (χ1v) is 4.34. The molecule has 0 bridgehead atoms. The molecule has 6 heteroatoms. The topological polar surface area (TPSA) is 89.1 Å². The van der Waals surface area contributed by atoms with Crippen LogP contribution >= 0.6 is 22.6 Å². The Morgan fingerprint density at radius 2 is 2.31 bits per heavy atom. The maximum atomic E-state index is 10.3. The molecule has 1 aromatic heterocycles. The van der Waals surface area contributed by atoms with Gasteiger partial charge in [-0.05, 0) is 28.7 Å². The lowest BCUT2D eigenvalue weighted by Gasteiger charge is -2.01. The summed E-state index contributed by atoms with van der Waals surface area (Å²) < 4.78 is 5.22. The molecule has 5 nitrogen and oxygen atoms in total. The van der Waals surface area contributed by atoms with Crippen LogP contribution < -0.4 is 5.73 Å². The zero-order valence-electron chi connectivity index (χ0n) is 6.45. The van der Waals surface area contributed by atoms with Gasteiger partial charge in [-0.2, -0.15) is 0 Å². The molecule has 0 aliphatic rings. The van der Waals surface area contributed by atoms with Crippen molar-refractivity contribution in [2.24, 2.45) is 5.73 Å². The summed E-state index contributed by atoms with van der Waals surface area (Å²) >= 11 is 2.04. The lowest BCUT2D eigenvalue weighted by molar-refractivity contribution is 0.208. The quantitative estimate of drug-likeness (QED) is 0.461. The third kappa shape index (κ3) is 2.98. The van der Waals surface area contributed by atoms with Crippen LogP contribution in [0.4, 0.5) is 4.79 Å². The second-order valence-corrected chi connectivity index (χ2v) is 3.39. The molecule has 0 fully saturated rings. The van der Waals surface area contributed by atoms with Gasteiger partial charge in [-0.3, -0.25) is 10.4 Å². The SMILES string of the molecule is N=C(OC(N)=O)c1cncc(I)c1. The molecular formula is C7H6IN3O2. The molecule has 1 rings (SSSR count). The Balaban J connectivity index is 2.83. The summed E-state index contributed by atoms with van der Waals surface area (Å²) in [6.07, 6.45) is 2.05. The van der Waals surface area contributed by atoms with Crippen molar-refractivity contribution in [3.05, 3.63) is 27.6 Å². The van der Waals surface area contributed by atoms with Crippen molar-refractivity contribution in [1.29, 1.82) is 5.41 Å². The van der Waals surface area contributed by atoms with Crippen LogP contribution in [0, 0.1) is 8.98 Å². The van der Waals surface area contributed by atoms with Crippen LogP contribution in [0.15, 0.2) is 18.5 Å². The Kier molecular flexibility index (Phi) is 3.18. The number of hydrogen-bond acceptors (Lipinski definition) is 4. The minimum absolute atomic E-state index is 0.293. The van der Waals surface area contributed by atoms with E-state index in [-0.39, 0.29) is 5.90 Å². The summed E-state index contributed by atoms with van der Waals surface area (Å²) in [5, 5.41) is 7.29. The van der Waals surface area contributed by atoms with Gasteiger partial charge in [0.1, 0.15) is 0 Å². The van der Waals surface area contributed by atoms with Gasteiger partial charge in [0.05, 0.1) is 5.56 Å². The number of nitrogens with zero attached hydrogens (tertiary/aromatic N) is 1. The summed E-state index contributed by atoms with van der Waals surface area (Å²) in [6.45, 7) is 0. The predicted octanol–water partition coefficient (Wildman–Crippen LogP) is 1.11. The second-order valence-electron chi connectivity index (χ2n) is 2.14. The smallest absolute Gasteiger partial charge is 0.391 e. The van der Waals surface area contributed by atoms with Gasteiger partial charge in [0.15, 0.2) is 0 Å². The Labute approximate surface area is 87.9 Å². The zero-order chi connectivity index (χ0) is 9.84. The molecular weight excluding hydrogens is 285 g/mol. The third-order valence-corrected chi connectivity index (χ3v) is 1.76. The Morgan fingerprint density at radius 3 is 2.85 bits per heavy atom. The highest BCUT2D eigenvalue weighted by Crippen LogP contribution is 2.06. The standard InChI is InChI=1S/C7H6IN3O2/c8-5-1-4(2-11-3-5)6(9)13-7(10)12/h1-3,9H,(H2,10,12). The number of ether oxygens (including phenoxy) is 1. The van der Waals surface area contributed by atoms with Crippen LogP contribution in [-0.2, 0) is 4.74 Å². The number of halogens is 1. The lowest BCUT2D eigenvalue weighted by Crippen LogP contribution is -2.18. The van der Waals surface area contributed by atoms with E-state index < -0.39 is 6.09 Å². The number of amides is 1. The van der Waals surface area contributed by atoms with Gasteiger partial charge in [-0.1, -0.05) is 0 Å². The van der Waals surface area contributed by atoms with Crippen LogP contribution in [0.3, 0.4) is 0 Å². The highest BCUT2D eigenvalue weighted by atomic mass is 127. The number of nitrogens with two attached hydrogens (primary N) is 1. The van der Waals surface area contributed by atoms with E-state index in [4.69, 9.17) is 11.1 Å². The van der Waals surface area contributed by atoms with Gasteiger partial charge in [0.25, 0.3) is 0 Å². The van der Waals surface area contributed by atoms with Crippen LogP contribution in [-0.4, -0.2) is 17.0 Å². The van der Waals surface area contributed by atoms with Gasteiger partial charge < -0.3 is 10.5 Å². The Hall–Kier alpha value is -1.18. The Bertz CT molecular complexity index is 353. The number of carbonyl (C=O) groups is 1. The highest BCUT2D eigenvalue weighted by molar-refractivity contribution is 14.1. The van der Waals surface area contributed by atoms with Gasteiger partial charge in [-0.25, -0.2) is 4.79 Å². The van der Waals surface area contributed by atoms with Crippen molar-refractivity contribution >= 4 is 34.6 Å². The molecule has 1 aromatic rings. The first-order valence-electron chi connectivity index (χ1n) is 3.26. The molecule has 0 aliphatic heterocycles. The van der Waals surface area contributed by atoms with E-state index in [0.29, 0.717) is 5.56 Å². The van der Waals surface area contributed by atoms with Crippen molar-refractivity contribution in [2.75, 3.05) is 0 Å². The van der Waals surface area contributed by atoms with Crippen molar-refractivity contribution in [2.45, 2.75) is 0 Å². The molecule has 0 atom stereocenters. The van der Waals surface area contributed by atoms with Crippen molar-refractivity contribution in [3.8, 4) is 0 Å². The van der Waals surface area contributed by atoms with Crippen LogP contribution in [0.5, 0.6) is 0 Å². The second kappa shape index (κ2) is 4.17. The van der Waals surface area contributed by atoms with E-state index in [9.17, 15) is 4.79 Å². The average molecular weight is 291 g/mol. The molecule has 68 valence electrons. The van der Waals surface area contributed by atoms with E-state index in [1.807, 2.05) is 22.6 Å². The first kappa shape index (κ1) is 9.90. The molecule has 0 radical (unpaired) electrons. The summed E-state index contributed by atoms with van der Waals surface area (Å²) in [4.78, 5) is 14.1. The van der Waals surface area contributed by atoms with Gasteiger partial charge in [0, 0.05) is 16.0 Å². The normalized spacial score (nSPS) is 9.31. The van der Waals surface area contributed by atoms with E-state index in [1.54, 1.807) is 12.3 Å². The van der Waals surface area contributed by atoms with E-state index in [1.165, 1.54) is 6.20 Å². The molecule has 0 aromatic carbocycles. The van der Waals surface area contributed by atoms with E-state index >= 15 is 0 Å². The monoisotopic (exact) mass is 291 g/mol. The number of carbonyl (C=O) groups excluding carboxylic acids is 1. The molecule has 3 N–H and O–H groups in total. The Morgan fingerprint density at radius 1 is 1.62 bits per heavy atom. The maximum Gasteiger partial charge on any atom is 0.411 e. The molecule has 0 unspecified atom stereocenters. The van der Waals surface area contributed by atoms with Gasteiger partial charge >= 0.3 is 6.09 Å². The molecule has 0 spiro atoms. The summed E-state index contributed by atoms with van der Waals surface area (Å²) in [5.41, 5.74) is 5.17. The fraction of sp³-hybridized carbons (Fsp3) is 0. The van der Waals surface area contributed by atoms with Crippen LogP contribution in [0.2, 0.25) is 0 Å². The van der Waals surface area contributed by atoms with Crippen molar-refractivity contribution < 1.29 is 9.53 Å². The average Bonchev–Trinajstić information content (AvgIpc) is 2.03. The summed E-state index contributed by atoms with van der Waals surface area (Å²) in [5.74, 6) is -0.293. The zero-order valence-corrected chi connectivity index (χ0v) is 8.61. The fourth-order valence-corrected chi connectivity index (χ4v) is 1.19. The minimum atomic E-state index is -0.996. The van der Waals surface area contributed by atoms with Crippen LogP contribution in [0.25, 0.3) is 0 Å². The largest absolute Gasteiger partial charge is 0.411 e. The number of primary amides is 1. The number of pyridine rings is 1. The third-order valence-electron chi connectivity index (χ3n) is 1.17. The first-order chi connectivity index (χ1) is 6.09. The number of nitrogens with one attached hydrogen (secondary N) is 1. The number of rotatable bonds is 1. The van der Waals surface area contributed by atoms with Crippen molar-refractivity contribution in [1.82, 2.24) is 4.98 Å². The fourth-order valence-electron chi connectivity index (χ4n) is 0.696. The van der Waals surface area contributed by atoms with E-state index in [2.05, 4.69) is 9.72 Å². The molecule has 0 aliphatic carbocycles. The summed E-state index contributed by atoms with van der Waals surface area (Å²) in [7, 11) is 0. The number of aromatic nitrogens is 1. The molecule has 1 heterocycles. The van der Waals surface area contributed by atoms with Crippen molar-refractivity contribution in [3.63, 3.8) is 0 Å².